The molecule has 1 aliphatic rings. The number of nitrogen functional groups attached to an aromatic ring is 1. The van der Waals surface area contributed by atoms with Crippen molar-refractivity contribution in [2.24, 2.45) is 0 Å². The van der Waals surface area contributed by atoms with Crippen LogP contribution in [0.15, 0.2) is 6.07 Å². The molecule has 1 aromatic rings. The number of nitrogens with two attached hydrogens (primary N) is 1. The molecule has 1 aromatic heterocycles. The van der Waals surface area contributed by atoms with Gasteiger partial charge in [-0.1, -0.05) is 6.92 Å². The Balaban J connectivity index is 2.39. The Morgan fingerprint density at radius 3 is 3.00 bits per heavy atom. The zero-order valence-corrected chi connectivity index (χ0v) is 9.79. The summed E-state index contributed by atoms with van der Waals surface area (Å²) in [5.74, 6) is 0.359. The van der Waals surface area contributed by atoms with Gasteiger partial charge in [-0.25, -0.2) is 4.98 Å². The third-order valence-corrected chi connectivity index (χ3v) is 3.11. The summed E-state index contributed by atoms with van der Waals surface area (Å²) in [6.07, 6.45) is 0.922. The second-order valence-corrected chi connectivity index (χ2v) is 4.20. The predicted octanol–water partition coefficient (Wildman–Crippen LogP) is 1.24. The van der Waals surface area contributed by atoms with Crippen molar-refractivity contribution in [1.29, 1.82) is 0 Å². The molecule has 0 unspecified atom stereocenters. The fourth-order valence-corrected chi connectivity index (χ4v) is 2.10. The smallest absolute Gasteiger partial charge is 0.163 e. The van der Waals surface area contributed by atoms with Gasteiger partial charge in [0.15, 0.2) is 5.78 Å². The number of fused-ring (bicyclic) bond motifs is 1. The van der Waals surface area contributed by atoms with Crippen molar-refractivity contribution in [1.82, 2.24) is 9.88 Å². The van der Waals surface area contributed by atoms with Crippen LogP contribution >= 0.6 is 0 Å². The van der Waals surface area contributed by atoms with E-state index in [1.165, 1.54) is 6.92 Å². The number of carbonyl (C=O) groups excluding carboxylic acids is 1. The first-order chi connectivity index (χ1) is 7.61. The monoisotopic (exact) mass is 219 g/mol. The Morgan fingerprint density at radius 1 is 1.62 bits per heavy atom. The average molecular weight is 219 g/mol. The van der Waals surface area contributed by atoms with Crippen molar-refractivity contribution in [3.05, 3.63) is 22.9 Å². The zero-order valence-electron chi connectivity index (χ0n) is 9.79. The van der Waals surface area contributed by atoms with E-state index in [4.69, 9.17) is 5.73 Å². The van der Waals surface area contributed by atoms with Gasteiger partial charge in [-0.15, -0.1) is 0 Å². The highest BCUT2D eigenvalue weighted by molar-refractivity contribution is 5.98. The third-order valence-electron chi connectivity index (χ3n) is 3.11. The maximum Gasteiger partial charge on any atom is 0.163 e. The molecule has 0 spiro atoms. The highest BCUT2D eigenvalue weighted by atomic mass is 16.1. The minimum atomic E-state index is -0.0126. The lowest BCUT2D eigenvalue weighted by molar-refractivity contribution is 0.101. The van der Waals surface area contributed by atoms with Crippen LogP contribution in [0.4, 0.5) is 5.82 Å². The standard InChI is InChI=1S/C12H17N3O/c1-3-15-5-4-11-9(7-15)6-10(8(2)16)12(13)14-11/h6H,3-5,7H2,1-2H3,(H2,13,14). The molecule has 0 saturated heterocycles. The van der Waals surface area contributed by atoms with Crippen LogP contribution in [0.2, 0.25) is 0 Å². The number of anilines is 1. The Bertz CT molecular complexity index is 429. The highest BCUT2D eigenvalue weighted by Gasteiger charge is 2.19. The molecule has 2 rings (SSSR count). The first-order valence-electron chi connectivity index (χ1n) is 5.63. The van der Waals surface area contributed by atoms with Crippen molar-refractivity contribution in [3.8, 4) is 0 Å². The van der Waals surface area contributed by atoms with Gasteiger partial charge in [0, 0.05) is 25.2 Å². The summed E-state index contributed by atoms with van der Waals surface area (Å²) in [5, 5.41) is 0. The molecule has 16 heavy (non-hydrogen) atoms. The van der Waals surface area contributed by atoms with E-state index < -0.39 is 0 Å². The lowest BCUT2D eigenvalue weighted by Crippen LogP contribution is -2.31. The molecule has 2 heterocycles. The van der Waals surface area contributed by atoms with Crippen LogP contribution < -0.4 is 5.73 Å². The Labute approximate surface area is 95.5 Å². The minimum Gasteiger partial charge on any atom is -0.383 e. The van der Waals surface area contributed by atoms with Crippen LogP contribution in [0.25, 0.3) is 0 Å². The number of carbonyl (C=O) groups is 1. The number of likely N-dealkylation sites (N-methyl/N-ethyl adjacent to an activating group) is 1. The third kappa shape index (κ3) is 1.93. The first-order valence-corrected chi connectivity index (χ1v) is 5.63. The molecule has 1 aliphatic heterocycles. The molecule has 2 N–H and O–H groups in total. The van der Waals surface area contributed by atoms with Gasteiger partial charge in [-0.3, -0.25) is 9.69 Å². The number of hydrogen-bond acceptors (Lipinski definition) is 4. The van der Waals surface area contributed by atoms with E-state index in [1.54, 1.807) is 0 Å². The molecular weight excluding hydrogens is 202 g/mol. The van der Waals surface area contributed by atoms with Crippen molar-refractivity contribution in [2.45, 2.75) is 26.8 Å². The van der Waals surface area contributed by atoms with Gasteiger partial charge in [-0.2, -0.15) is 0 Å². The minimum absolute atomic E-state index is 0.0126. The molecule has 0 fully saturated rings. The first kappa shape index (κ1) is 11.1. The number of nitrogens with zero attached hydrogens (tertiary/aromatic N) is 2. The normalized spacial score (nSPS) is 15.9. The highest BCUT2D eigenvalue weighted by Crippen LogP contribution is 2.21. The molecule has 0 saturated carbocycles. The van der Waals surface area contributed by atoms with Gasteiger partial charge in [0.05, 0.1) is 5.56 Å². The van der Waals surface area contributed by atoms with E-state index in [1.807, 2.05) is 6.07 Å². The molecule has 0 atom stereocenters. The quantitative estimate of drug-likeness (QED) is 0.760. The summed E-state index contributed by atoms with van der Waals surface area (Å²) in [7, 11) is 0. The van der Waals surface area contributed by atoms with Gasteiger partial charge in [0.2, 0.25) is 0 Å². The molecule has 4 nitrogen and oxygen atoms in total. The van der Waals surface area contributed by atoms with E-state index in [0.717, 1.165) is 37.3 Å². The van der Waals surface area contributed by atoms with Gasteiger partial charge < -0.3 is 5.73 Å². The molecule has 0 aliphatic carbocycles. The topological polar surface area (TPSA) is 59.2 Å². The lowest BCUT2D eigenvalue weighted by Gasteiger charge is -2.27. The van der Waals surface area contributed by atoms with Crippen molar-refractivity contribution >= 4 is 11.6 Å². The molecule has 86 valence electrons. The van der Waals surface area contributed by atoms with E-state index in [9.17, 15) is 4.79 Å². The van der Waals surface area contributed by atoms with Crippen molar-refractivity contribution < 1.29 is 4.79 Å². The summed E-state index contributed by atoms with van der Waals surface area (Å²) >= 11 is 0. The Morgan fingerprint density at radius 2 is 2.38 bits per heavy atom. The Kier molecular flexibility index (Phi) is 2.92. The van der Waals surface area contributed by atoms with E-state index in [2.05, 4.69) is 16.8 Å². The summed E-state index contributed by atoms with van der Waals surface area (Å²) in [6, 6.07) is 1.90. The van der Waals surface area contributed by atoms with Gasteiger partial charge in [0.1, 0.15) is 5.82 Å². The van der Waals surface area contributed by atoms with Gasteiger partial charge in [-0.05, 0) is 25.1 Å². The zero-order chi connectivity index (χ0) is 11.7. The maximum absolute atomic E-state index is 11.4. The van der Waals surface area contributed by atoms with Crippen molar-refractivity contribution in [3.63, 3.8) is 0 Å². The number of ketones is 1. The predicted molar refractivity (Wildman–Crippen MR) is 63.3 cm³/mol. The molecule has 4 heteroatoms. The summed E-state index contributed by atoms with van der Waals surface area (Å²) < 4.78 is 0. The number of hydrogen-bond donors (Lipinski definition) is 1. The molecule has 0 bridgehead atoms. The van der Waals surface area contributed by atoms with Crippen molar-refractivity contribution in [2.75, 3.05) is 18.8 Å². The fraction of sp³-hybridized carbons (Fsp3) is 0.500. The summed E-state index contributed by atoms with van der Waals surface area (Å²) in [5.41, 5.74) is 8.51. The van der Waals surface area contributed by atoms with Crippen LogP contribution in [0.5, 0.6) is 0 Å². The molecule has 0 aromatic carbocycles. The summed E-state index contributed by atoms with van der Waals surface area (Å²) in [4.78, 5) is 18.0. The lowest BCUT2D eigenvalue weighted by atomic mass is 10.0. The van der Waals surface area contributed by atoms with Crippen LogP contribution in [-0.2, 0) is 13.0 Å². The van der Waals surface area contributed by atoms with E-state index in [0.29, 0.717) is 11.4 Å². The van der Waals surface area contributed by atoms with Crippen LogP contribution in [0.3, 0.4) is 0 Å². The molecular formula is C12H17N3O. The van der Waals surface area contributed by atoms with Crippen LogP contribution in [-0.4, -0.2) is 28.8 Å². The number of pyridine rings is 1. The van der Waals surface area contributed by atoms with E-state index >= 15 is 0 Å². The number of aromatic nitrogens is 1. The largest absolute Gasteiger partial charge is 0.383 e. The van der Waals surface area contributed by atoms with E-state index in [-0.39, 0.29) is 5.78 Å². The van der Waals surface area contributed by atoms with Gasteiger partial charge >= 0.3 is 0 Å². The fourth-order valence-electron chi connectivity index (χ4n) is 2.10. The summed E-state index contributed by atoms with van der Waals surface area (Å²) in [6.45, 7) is 6.59. The molecule has 0 radical (unpaired) electrons. The van der Waals surface area contributed by atoms with Crippen LogP contribution in [0, 0.1) is 0 Å². The second-order valence-electron chi connectivity index (χ2n) is 4.20. The maximum atomic E-state index is 11.4. The molecule has 0 amide bonds. The van der Waals surface area contributed by atoms with Crippen LogP contribution in [0.1, 0.15) is 35.5 Å². The Hall–Kier alpha value is -1.42. The van der Waals surface area contributed by atoms with Gasteiger partial charge in [0.25, 0.3) is 0 Å². The average Bonchev–Trinajstić information content (AvgIpc) is 2.27. The number of Topliss-reactive ketones (excluding diaryl/α,β-unsaturated/α-hetero) is 1. The SMILES string of the molecule is CCN1CCc2nc(N)c(C(C)=O)cc2C1. The number of rotatable bonds is 2. The second kappa shape index (κ2) is 4.22.